The van der Waals surface area contributed by atoms with E-state index in [1.807, 2.05) is 6.92 Å². The normalized spacial score (nSPS) is 15.8. The highest BCUT2D eigenvalue weighted by molar-refractivity contribution is 14.0. The number of aliphatic imine (C=N–C) groups is 1. The fourth-order valence-corrected chi connectivity index (χ4v) is 1.91. The molecule has 0 radical (unpaired) electrons. The second kappa shape index (κ2) is 7.62. The molecule has 6 heteroatoms. The highest BCUT2D eigenvalue weighted by atomic mass is 127. The first-order valence-corrected chi connectivity index (χ1v) is 6.14. The lowest BCUT2D eigenvalue weighted by atomic mass is 10.0. The summed E-state index contributed by atoms with van der Waals surface area (Å²) in [6, 6.07) is 3.70. The van der Waals surface area contributed by atoms with Gasteiger partial charge in [0.25, 0.3) is 0 Å². The van der Waals surface area contributed by atoms with Crippen LogP contribution in [-0.4, -0.2) is 25.6 Å². The highest BCUT2D eigenvalue weighted by Crippen LogP contribution is 2.19. The van der Waals surface area contributed by atoms with Crippen molar-refractivity contribution in [2.24, 2.45) is 4.99 Å². The van der Waals surface area contributed by atoms with E-state index >= 15 is 0 Å². The summed E-state index contributed by atoms with van der Waals surface area (Å²) in [5, 5.41) is 6.27. The molecule has 3 nitrogen and oxygen atoms in total. The smallest absolute Gasteiger partial charge is 0.191 e. The van der Waals surface area contributed by atoms with Crippen LogP contribution < -0.4 is 10.6 Å². The average molecular weight is 381 g/mol. The number of hydrogen-bond donors (Lipinski definition) is 2. The third-order valence-electron chi connectivity index (χ3n) is 2.97. The minimum atomic E-state index is -0.547. The Morgan fingerprint density at radius 2 is 2.21 bits per heavy atom. The maximum Gasteiger partial charge on any atom is 0.191 e. The van der Waals surface area contributed by atoms with Gasteiger partial charge in [0.2, 0.25) is 0 Å². The molecule has 1 unspecified atom stereocenters. The van der Waals surface area contributed by atoms with Crippen molar-refractivity contribution in [2.75, 3.05) is 19.6 Å². The van der Waals surface area contributed by atoms with Gasteiger partial charge in [0.15, 0.2) is 5.96 Å². The number of halogens is 3. The van der Waals surface area contributed by atoms with Crippen LogP contribution in [0, 0.1) is 11.6 Å². The third kappa shape index (κ3) is 4.59. The van der Waals surface area contributed by atoms with Crippen molar-refractivity contribution in [3.05, 3.63) is 35.4 Å². The summed E-state index contributed by atoms with van der Waals surface area (Å²) in [4.78, 5) is 4.27. The van der Waals surface area contributed by atoms with Crippen LogP contribution >= 0.6 is 24.0 Å². The van der Waals surface area contributed by atoms with Crippen LogP contribution in [0.15, 0.2) is 23.2 Å². The van der Waals surface area contributed by atoms with E-state index in [2.05, 4.69) is 15.6 Å². The van der Waals surface area contributed by atoms with E-state index in [4.69, 9.17) is 0 Å². The molecule has 1 atom stereocenters. The Hall–Kier alpha value is -0.920. The van der Waals surface area contributed by atoms with Crippen molar-refractivity contribution >= 4 is 29.9 Å². The van der Waals surface area contributed by atoms with E-state index in [1.165, 1.54) is 12.1 Å². The Kier molecular flexibility index (Phi) is 6.47. The molecule has 1 aromatic rings. The first-order chi connectivity index (χ1) is 8.66. The summed E-state index contributed by atoms with van der Waals surface area (Å²) < 4.78 is 26.4. The Balaban J connectivity index is 0.00000180. The highest BCUT2D eigenvalue weighted by Gasteiger charge is 2.12. The molecule has 0 spiro atoms. The standard InChI is InChI=1S/C13H17F2N3.HI/c1-9(8-18-13-16-5-2-6-17-13)11-4-3-10(14)7-12(11)15;/h3-4,7,9H,2,5-6,8H2,1H3,(H2,16,17,18);1H. The van der Waals surface area contributed by atoms with Gasteiger partial charge in [0.1, 0.15) is 11.6 Å². The van der Waals surface area contributed by atoms with Gasteiger partial charge in [-0.15, -0.1) is 24.0 Å². The number of nitrogens with zero attached hydrogens (tertiary/aromatic N) is 1. The van der Waals surface area contributed by atoms with E-state index in [9.17, 15) is 8.78 Å². The van der Waals surface area contributed by atoms with E-state index in [-0.39, 0.29) is 29.9 Å². The Bertz CT molecular complexity index is 452. The summed E-state index contributed by atoms with van der Waals surface area (Å²) in [6.07, 6.45) is 1.04. The van der Waals surface area contributed by atoms with Crippen LogP contribution in [0.2, 0.25) is 0 Å². The average Bonchev–Trinajstić information content (AvgIpc) is 2.37. The van der Waals surface area contributed by atoms with E-state index in [0.717, 1.165) is 31.5 Å². The van der Waals surface area contributed by atoms with Gasteiger partial charge in [-0.1, -0.05) is 13.0 Å². The van der Waals surface area contributed by atoms with Crippen molar-refractivity contribution in [1.29, 1.82) is 0 Å². The fraction of sp³-hybridized carbons (Fsp3) is 0.462. The van der Waals surface area contributed by atoms with Crippen LogP contribution in [0.3, 0.4) is 0 Å². The lowest BCUT2D eigenvalue weighted by Crippen LogP contribution is -2.42. The SMILES string of the molecule is CC(CNC1=NCCCN1)c1ccc(F)cc1F.I. The van der Waals surface area contributed by atoms with Crippen molar-refractivity contribution in [3.8, 4) is 0 Å². The van der Waals surface area contributed by atoms with Gasteiger partial charge in [-0.25, -0.2) is 8.78 Å². The summed E-state index contributed by atoms with van der Waals surface area (Å²) in [5.74, 6) is -0.329. The summed E-state index contributed by atoms with van der Waals surface area (Å²) in [7, 11) is 0. The predicted molar refractivity (Wildman–Crippen MR) is 83.1 cm³/mol. The largest absolute Gasteiger partial charge is 0.356 e. The Morgan fingerprint density at radius 3 is 2.84 bits per heavy atom. The van der Waals surface area contributed by atoms with Gasteiger partial charge < -0.3 is 10.6 Å². The quantitative estimate of drug-likeness (QED) is 0.790. The molecule has 2 N–H and O–H groups in total. The molecule has 0 aromatic heterocycles. The number of rotatable bonds is 3. The molecular formula is C13H18F2IN3. The molecule has 1 aliphatic heterocycles. The number of guanidine groups is 1. The Morgan fingerprint density at radius 1 is 1.42 bits per heavy atom. The van der Waals surface area contributed by atoms with Gasteiger partial charge in [0.05, 0.1) is 0 Å². The molecule has 2 rings (SSSR count). The number of benzene rings is 1. The van der Waals surface area contributed by atoms with Crippen LogP contribution in [0.4, 0.5) is 8.78 Å². The minimum absolute atomic E-state index is 0. The van der Waals surface area contributed by atoms with Crippen LogP contribution in [0.1, 0.15) is 24.8 Å². The molecule has 0 bridgehead atoms. The van der Waals surface area contributed by atoms with E-state index in [1.54, 1.807) is 0 Å². The second-order valence-corrected chi connectivity index (χ2v) is 4.46. The first kappa shape index (κ1) is 16.1. The van der Waals surface area contributed by atoms with Gasteiger partial charge in [0, 0.05) is 31.6 Å². The van der Waals surface area contributed by atoms with Crippen molar-refractivity contribution in [2.45, 2.75) is 19.3 Å². The number of nitrogens with one attached hydrogen (secondary N) is 2. The summed E-state index contributed by atoms with van der Waals surface area (Å²) in [6.45, 7) is 4.18. The van der Waals surface area contributed by atoms with Gasteiger partial charge >= 0.3 is 0 Å². The zero-order chi connectivity index (χ0) is 13.0. The second-order valence-electron chi connectivity index (χ2n) is 4.46. The van der Waals surface area contributed by atoms with Crippen LogP contribution in [0.5, 0.6) is 0 Å². The molecular weight excluding hydrogens is 363 g/mol. The van der Waals surface area contributed by atoms with Crippen LogP contribution in [-0.2, 0) is 0 Å². The third-order valence-corrected chi connectivity index (χ3v) is 2.97. The molecule has 0 amide bonds. The van der Waals surface area contributed by atoms with Gasteiger partial charge in [-0.3, -0.25) is 4.99 Å². The van der Waals surface area contributed by atoms with E-state index < -0.39 is 11.6 Å². The van der Waals surface area contributed by atoms with Gasteiger partial charge in [-0.05, 0) is 18.1 Å². The first-order valence-electron chi connectivity index (χ1n) is 6.14. The molecule has 0 saturated heterocycles. The van der Waals surface area contributed by atoms with Gasteiger partial charge in [-0.2, -0.15) is 0 Å². The lowest BCUT2D eigenvalue weighted by molar-refractivity contribution is 0.555. The molecule has 1 aromatic carbocycles. The van der Waals surface area contributed by atoms with Crippen molar-refractivity contribution in [3.63, 3.8) is 0 Å². The molecule has 19 heavy (non-hydrogen) atoms. The van der Waals surface area contributed by atoms with Crippen molar-refractivity contribution in [1.82, 2.24) is 10.6 Å². The molecule has 1 aliphatic rings. The Labute approximate surface area is 128 Å². The maximum atomic E-state index is 13.6. The molecule has 0 saturated carbocycles. The molecule has 106 valence electrons. The minimum Gasteiger partial charge on any atom is -0.356 e. The molecule has 1 heterocycles. The monoisotopic (exact) mass is 381 g/mol. The number of hydrogen-bond acceptors (Lipinski definition) is 3. The molecule has 0 fully saturated rings. The fourth-order valence-electron chi connectivity index (χ4n) is 1.91. The van der Waals surface area contributed by atoms with Crippen LogP contribution in [0.25, 0.3) is 0 Å². The topological polar surface area (TPSA) is 36.4 Å². The van der Waals surface area contributed by atoms with Crippen molar-refractivity contribution < 1.29 is 8.78 Å². The zero-order valence-corrected chi connectivity index (χ0v) is 13.1. The predicted octanol–water partition coefficient (Wildman–Crippen LogP) is 2.63. The lowest BCUT2D eigenvalue weighted by Gasteiger charge is -2.19. The van der Waals surface area contributed by atoms with E-state index in [0.29, 0.717) is 12.1 Å². The summed E-state index contributed by atoms with van der Waals surface area (Å²) in [5.41, 5.74) is 0.514. The summed E-state index contributed by atoms with van der Waals surface area (Å²) >= 11 is 0. The maximum absolute atomic E-state index is 13.6. The molecule has 0 aliphatic carbocycles. The zero-order valence-electron chi connectivity index (χ0n) is 10.7.